The van der Waals surface area contributed by atoms with E-state index in [4.69, 9.17) is 33.2 Å². The van der Waals surface area contributed by atoms with Crippen molar-refractivity contribution in [1.29, 1.82) is 5.26 Å². The Morgan fingerprint density at radius 1 is 1.23 bits per heavy atom. The molecule has 26 heavy (non-hydrogen) atoms. The van der Waals surface area contributed by atoms with Gasteiger partial charge in [0.25, 0.3) is 0 Å². The lowest BCUT2D eigenvalue weighted by molar-refractivity contribution is -0.210. The molecule has 1 N–H and O–H groups in total. The molecule has 0 radical (unpaired) electrons. The molecule has 0 aliphatic carbocycles. The van der Waals surface area contributed by atoms with Crippen LogP contribution < -0.4 is 4.74 Å². The van der Waals surface area contributed by atoms with Crippen molar-refractivity contribution in [2.75, 3.05) is 6.61 Å². The summed E-state index contributed by atoms with van der Waals surface area (Å²) >= 11 is 11.8. The topological polar surface area (TPSA) is 66.1 Å². The van der Waals surface area contributed by atoms with Gasteiger partial charge in [0.15, 0.2) is 12.7 Å². The molecule has 4 nitrogen and oxygen atoms in total. The summed E-state index contributed by atoms with van der Waals surface area (Å²) in [6.45, 7) is -0.242. The maximum atomic E-state index is 13.2. The molecule has 138 valence electrons. The number of pyridine rings is 1. The molecule has 0 bridgehead atoms. The second-order valence-corrected chi connectivity index (χ2v) is 6.26. The molecule has 1 heterocycles. The number of hydrogen-bond acceptors (Lipinski definition) is 4. The van der Waals surface area contributed by atoms with Crippen molar-refractivity contribution < 1.29 is 23.0 Å². The molecule has 9 heteroatoms. The Bertz CT molecular complexity index is 809. The molecular formula is C17H13Cl2F3N2O2. The minimum absolute atomic E-state index is 0.0285. The number of nitriles is 1. The fourth-order valence-corrected chi connectivity index (χ4v) is 2.99. The molecule has 0 aliphatic rings. The van der Waals surface area contributed by atoms with Gasteiger partial charge in [-0.15, -0.1) is 0 Å². The van der Waals surface area contributed by atoms with Gasteiger partial charge in [0.05, 0.1) is 0 Å². The molecule has 2 unspecified atom stereocenters. The summed E-state index contributed by atoms with van der Waals surface area (Å²) in [6.07, 6.45) is -6.28. The molecule has 0 spiro atoms. The summed E-state index contributed by atoms with van der Waals surface area (Å²) in [5.74, 6) is -1.25. The van der Waals surface area contributed by atoms with Gasteiger partial charge in [0.2, 0.25) is 5.88 Å². The van der Waals surface area contributed by atoms with Crippen molar-refractivity contribution in [1.82, 2.24) is 4.98 Å². The summed E-state index contributed by atoms with van der Waals surface area (Å²) in [7, 11) is 0. The minimum Gasteiger partial charge on any atom is -0.462 e. The zero-order valence-corrected chi connectivity index (χ0v) is 14.7. The largest absolute Gasteiger partial charge is 0.462 e. The standard InChI is InChI=1S/C17H13Cl2F3N2O2/c18-11-1-2-12(14(19)9-11)13(16(25)17(20,21)22)7-10-3-5-24-15(8-10)26-6-4-23/h1-3,5,8-9,13,16,25H,6-7H2. The molecule has 1 aromatic heterocycles. The SMILES string of the molecule is N#CCOc1cc(CC(c2ccc(Cl)cc2Cl)C(O)C(F)(F)F)ccn1. The van der Waals surface area contributed by atoms with Gasteiger partial charge in [-0.1, -0.05) is 29.3 Å². The zero-order valence-electron chi connectivity index (χ0n) is 13.2. The number of alkyl halides is 3. The molecule has 2 rings (SSSR count). The van der Waals surface area contributed by atoms with Crippen LogP contribution in [0.2, 0.25) is 10.0 Å². The number of nitrogens with zero attached hydrogens (tertiary/aromatic N) is 2. The monoisotopic (exact) mass is 404 g/mol. The number of aliphatic hydroxyl groups excluding tert-OH is 1. The van der Waals surface area contributed by atoms with E-state index in [9.17, 15) is 18.3 Å². The molecule has 0 aliphatic heterocycles. The van der Waals surface area contributed by atoms with Gasteiger partial charge >= 0.3 is 6.18 Å². The van der Waals surface area contributed by atoms with E-state index in [1.165, 1.54) is 36.5 Å². The Morgan fingerprint density at radius 2 is 1.96 bits per heavy atom. The van der Waals surface area contributed by atoms with Crippen LogP contribution in [0.4, 0.5) is 13.2 Å². The summed E-state index contributed by atoms with van der Waals surface area (Å²) in [5.41, 5.74) is 0.560. The zero-order chi connectivity index (χ0) is 19.3. The maximum Gasteiger partial charge on any atom is 0.414 e. The second kappa shape index (κ2) is 8.58. The number of benzene rings is 1. The van der Waals surface area contributed by atoms with E-state index in [-0.39, 0.29) is 34.5 Å². The summed E-state index contributed by atoms with van der Waals surface area (Å²) in [5, 5.41) is 18.7. The first kappa shape index (κ1) is 20.3. The first-order chi connectivity index (χ1) is 12.2. The van der Waals surface area contributed by atoms with Gasteiger partial charge in [-0.3, -0.25) is 0 Å². The predicted octanol–water partition coefficient (Wildman–Crippen LogP) is 4.54. The Kier molecular flexibility index (Phi) is 6.70. The van der Waals surface area contributed by atoms with Gasteiger partial charge in [-0.2, -0.15) is 18.4 Å². The molecule has 2 atom stereocenters. The van der Waals surface area contributed by atoms with Crippen LogP contribution in [-0.2, 0) is 6.42 Å². The average molecular weight is 405 g/mol. The second-order valence-electron chi connectivity index (χ2n) is 5.41. The Balaban J connectivity index is 2.37. The molecule has 0 amide bonds. The highest BCUT2D eigenvalue weighted by atomic mass is 35.5. The summed E-state index contributed by atoms with van der Waals surface area (Å²) in [6, 6.07) is 8.78. The van der Waals surface area contributed by atoms with Crippen LogP contribution in [0.15, 0.2) is 36.5 Å². The van der Waals surface area contributed by atoms with Crippen LogP contribution >= 0.6 is 23.2 Å². The van der Waals surface area contributed by atoms with Crippen molar-refractivity contribution in [3.8, 4) is 11.9 Å². The molecule has 2 aromatic rings. The average Bonchev–Trinajstić information content (AvgIpc) is 2.57. The number of aliphatic hydroxyl groups is 1. The van der Waals surface area contributed by atoms with Crippen LogP contribution in [0.25, 0.3) is 0 Å². The minimum atomic E-state index is -4.83. The first-order valence-electron chi connectivity index (χ1n) is 7.36. The number of rotatable bonds is 6. The van der Waals surface area contributed by atoms with Crippen molar-refractivity contribution >= 4 is 23.2 Å². The van der Waals surface area contributed by atoms with Gasteiger partial charge < -0.3 is 9.84 Å². The van der Waals surface area contributed by atoms with E-state index in [0.717, 1.165) is 0 Å². The molecule has 0 saturated heterocycles. The number of halogens is 5. The summed E-state index contributed by atoms with van der Waals surface area (Å²) < 4.78 is 44.5. The normalized spacial score (nSPS) is 13.7. The van der Waals surface area contributed by atoms with Crippen molar-refractivity contribution in [3.05, 3.63) is 57.7 Å². The Labute approximate surface area is 157 Å². The lowest BCUT2D eigenvalue weighted by Gasteiger charge is -2.26. The number of ether oxygens (including phenoxy) is 1. The van der Waals surface area contributed by atoms with Crippen LogP contribution in [-0.4, -0.2) is 29.0 Å². The molecular weight excluding hydrogens is 392 g/mol. The number of hydrogen-bond donors (Lipinski definition) is 1. The van der Waals surface area contributed by atoms with E-state index in [1.54, 1.807) is 6.07 Å². The third-order valence-electron chi connectivity index (χ3n) is 3.62. The van der Waals surface area contributed by atoms with E-state index < -0.39 is 18.2 Å². The summed E-state index contributed by atoms with van der Waals surface area (Å²) in [4.78, 5) is 3.88. The van der Waals surface area contributed by atoms with E-state index in [0.29, 0.717) is 5.56 Å². The van der Waals surface area contributed by atoms with Crippen LogP contribution in [0, 0.1) is 11.3 Å². The fourth-order valence-electron chi connectivity index (χ4n) is 2.44. The highest BCUT2D eigenvalue weighted by molar-refractivity contribution is 6.35. The predicted molar refractivity (Wildman–Crippen MR) is 90.3 cm³/mol. The highest BCUT2D eigenvalue weighted by Gasteiger charge is 2.44. The van der Waals surface area contributed by atoms with Gasteiger partial charge in [-0.05, 0) is 35.7 Å². The van der Waals surface area contributed by atoms with Crippen molar-refractivity contribution in [2.24, 2.45) is 0 Å². The van der Waals surface area contributed by atoms with Crippen molar-refractivity contribution in [3.63, 3.8) is 0 Å². The molecule has 0 fully saturated rings. The lowest BCUT2D eigenvalue weighted by atomic mass is 9.87. The Morgan fingerprint density at radius 3 is 2.58 bits per heavy atom. The fraction of sp³-hybridized carbons (Fsp3) is 0.294. The van der Waals surface area contributed by atoms with Crippen LogP contribution in [0.1, 0.15) is 17.0 Å². The van der Waals surface area contributed by atoms with Crippen LogP contribution in [0.5, 0.6) is 5.88 Å². The quantitative estimate of drug-likeness (QED) is 0.767. The first-order valence-corrected chi connectivity index (χ1v) is 8.12. The van der Waals surface area contributed by atoms with E-state index in [1.807, 2.05) is 0 Å². The highest BCUT2D eigenvalue weighted by Crippen LogP contribution is 2.38. The Hall–Kier alpha value is -2.01. The molecule has 1 aromatic carbocycles. The van der Waals surface area contributed by atoms with Gasteiger partial charge in [0, 0.05) is 28.2 Å². The smallest absolute Gasteiger partial charge is 0.414 e. The maximum absolute atomic E-state index is 13.2. The van der Waals surface area contributed by atoms with Crippen LogP contribution in [0.3, 0.4) is 0 Å². The third-order valence-corrected chi connectivity index (χ3v) is 4.18. The van der Waals surface area contributed by atoms with E-state index in [2.05, 4.69) is 4.98 Å². The lowest BCUT2D eigenvalue weighted by Crippen LogP contribution is -2.35. The third kappa shape index (κ3) is 5.24. The van der Waals surface area contributed by atoms with Gasteiger partial charge in [0.1, 0.15) is 6.07 Å². The van der Waals surface area contributed by atoms with Crippen molar-refractivity contribution in [2.45, 2.75) is 24.6 Å². The molecule has 0 saturated carbocycles. The van der Waals surface area contributed by atoms with E-state index >= 15 is 0 Å². The van der Waals surface area contributed by atoms with Gasteiger partial charge in [-0.25, -0.2) is 4.98 Å². The number of aromatic nitrogens is 1.